The Morgan fingerprint density at radius 2 is 2.42 bits per heavy atom. The van der Waals surface area contributed by atoms with Gasteiger partial charge < -0.3 is 5.32 Å². The third-order valence-electron chi connectivity index (χ3n) is 2.55. The van der Waals surface area contributed by atoms with Crippen LogP contribution in [0.4, 0.5) is 4.39 Å². The molecule has 2 N–H and O–H groups in total. The van der Waals surface area contributed by atoms with Crippen molar-refractivity contribution >= 4 is 34.8 Å². The van der Waals surface area contributed by atoms with E-state index < -0.39 is 0 Å². The molecule has 19 heavy (non-hydrogen) atoms. The van der Waals surface area contributed by atoms with E-state index in [9.17, 15) is 4.39 Å². The summed E-state index contributed by atoms with van der Waals surface area (Å²) < 4.78 is 13.3. The van der Waals surface area contributed by atoms with Crippen molar-refractivity contribution in [3.05, 3.63) is 42.2 Å². The van der Waals surface area contributed by atoms with Crippen molar-refractivity contribution in [3.63, 3.8) is 0 Å². The highest BCUT2D eigenvalue weighted by Gasteiger charge is 2.16. The molecule has 3 nitrogen and oxygen atoms in total. The Labute approximate surface area is 121 Å². The Morgan fingerprint density at radius 3 is 3.21 bits per heavy atom. The molecule has 100 valence electrons. The standard InChI is InChI=1S/C13H14FN3S2/c1-2-6-15-13(18)17-16-11-5-7-19-12-4-3-9(14)8-10(11)12/h2-4,8H,1,5-7H2,(H2,15,17,18)/b16-11+. The molecule has 1 aromatic carbocycles. The third kappa shape index (κ3) is 3.78. The highest BCUT2D eigenvalue weighted by atomic mass is 32.2. The summed E-state index contributed by atoms with van der Waals surface area (Å²) in [5.74, 6) is 0.688. The van der Waals surface area contributed by atoms with Crippen LogP contribution >= 0.6 is 24.0 Å². The van der Waals surface area contributed by atoms with Crippen molar-refractivity contribution in [2.24, 2.45) is 5.10 Å². The van der Waals surface area contributed by atoms with Crippen molar-refractivity contribution in [1.29, 1.82) is 0 Å². The summed E-state index contributed by atoms with van der Waals surface area (Å²) in [7, 11) is 0. The minimum Gasteiger partial charge on any atom is -0.358 e. The number of hydrazone groups is 1. The zero-order valence-corrected chi connectivity index (χ0v) is 11.9. The average molecular weight is 295 g/mol. The first kappa shape index (κ1) is 14.0. The van der Waals surface area contributed by atoms with E-state index in [1.807, 2.05) is 0 Å². The predicted octanol–water partition coefficient (Wildman–Crippen LogP) is 2.68. The molecule has 0 aromatic heterocycles. The molecular formula is C13H14FN3S2. The second-order valence-corrected chi connectivity index (χ2v) is 5.45. The summed E-state index contributed by atoms with van der Waals surface area (Å²) in [6, 6.07) is 4.78. The molecule has 0 aliphatic carbocycles. The molecule has 0 fully saturated rings. The number of hydrogen-bond acceptors (Lipinski definition) is 3. The quantitative estimate of drug-likeness (QED) is 0.511. The Balaban J connectivity index is 2.12. The highest BCUT2D eigenvalue weighted by molar-refractivity contribution is 7.99. The topological polar surface area (TPSA) is 36.4 Å². The first-order valence-electron chi connectivity index (χ1n) is 5.84. The lowest BCUT2D eigenvalue weighted by atomic mass is 10.1. The fourth-order valence-electron chi connectivity index (χ4n) is 1.68. The van der Waals surface area contributed by atoms with Crippen LogP contribution in [0.25, 0.3) is 0 Å². The van der Waals surface area contributed by atoms with Crippen LogP contribution < -0.4 is 10.7 Å². The number of hydrogen-bond donors (Lipinski definition) is 2. The van der Waals surface area contributed by atoms with Crippen LogP contribution in [-0.2, 0) is 0 Å². The van der Waals surface area contributed by atoms with E-state index in [-0.39, 0.29) is 5.82 Å². The lowest BCUT2D eigenvalue weighted by Crippen LogP contribution is -2.33. The van der Waals surface area contributed by atoms with Gasteiger partial charge in [-0.25, -0.2) is 4.39 Å². The van der Waals surface area contributed by atoms with Crippen molar-refractivity contribution < 1.29 is 4.39 Å². The van der Waals surface area contributed by atoms with Crippen molar-refractivity contribution in [2.75, 3.05) is 12.3 Å². The summed E-state index contributed by atoms with van der Waals surface area (Å²) in [4.78, 5) is 1.05. The van der Waals surface area contributed by atoms with Crippen LogP contribution in [0.2, 0.25) is 0 Å². The second-order valence-electron chi connectivity index (χ2n) is 3.91. The van der Waals surface area contributed by atoms with Gasteiger partial charge in [0.1, 0.15) is 5.82 Å². The van der Waals surface area contributed by atoms with Gasteiger partial charge in [-0.1, -0.05) is 6.08 Å². The molecule has 6 heteroatoms. The van der Waals surface area contributed by atoms with Gasteiger partial charge in [0.05, 0.1) is 5.71 Å². The van der Waals surface area contributed by atoms with Crippen LogP contribution in [0.3, 0.4) is 0 Å². The number of thioether (sulfide) groups is 1. The number of fused-ring (bicyclic) bond motifs is 1. The second kappa shape index (κ2) is 6.68. The molecule has 1 aliphatic rings. The number of benzene rings is 1. The van der Waals surface area contributed by atoms with Gasteiger partial charge in [-0.3, -0.25) is 5.43 Å². The molecule has 0 bridgehead atoms. The summed E-state index contributed by atoms with van der Waals surface area (Å²) in [5, 5.41) is 7.62. The smallest absolute Gasteiger partial charge is 0.187 e. The van der Waals surface area contributed by atoms with Crippen LogP contribution in [0.1, 0.15) is 12.0 Å². The number of nitrogens with one attached hydrogen (secondary N) is 2. The predicted molar refractivity (Wildman–Crippen MR) is 82.2 cm³/mol. The van der Waals surface area contributed by atoms with E-state index in [0.29, 0.717) is 11.7 Å². The maximum Gasteiger partial charge on any atom is 0.187 e. The van der Waals surface area contributed by atoms with E-state index in [4.69, 9.17) is 12.2 Å². The molecule has 0 atom stereocenters. The molecule has 2 rings (SSSR count). The fourth-order valence-corrected chi connectivity index (χ4v) is 2.83. The van der Waals surface area contributed by atoms with Crippen molar-refractivity contribution in [2.45, 2.75) is 11.3 Å². The van der Waals surface area contributed by atoms with Gasteiger partial charge in [-0.15, -0.1) is 18.3 Å². The zero-order valence-electron chi connectivity index (χ0n) is 10.3. The van der Waals surface area contributed by atoms with Gasteiger partial charge in [0.15, 0.2) is 5.11 Å². The molecule has 0 saturated heterocycles. The molecule has 1 aromatic rings. The minimum atomic E-state index is -0.249. The molecule has 0 amide bonds. The van der Waals surface area contributed by atoms with E-state index in [0.717, 1.165) is 28.3 Å². The van der Waals surface area contributed by atoms with E-state index in [2.05, 4.69) is 22.4 Å². The zero-order chi connectivity index (χ0) is 13.7. The van der Waals surface area contributed by atoms with Gasteiger partial charge in [0, 0.05) is 29.2 Å². The van der Waals surface area contributed by atoms with Gasteiger partial charge in [0.2, 0.25) is 0 Å². The van der Waals surface area contributed by atoms with Gasteiger partial charge in [-0.2, -0.15) is 5.10 Å². The molecule has 0 radical (unpaired) electrons. The number of halogens is 1. The van der Waals surface area contributed by atoms with Gasteiger partial charge >= 0.3 is 0 Å². The molecule has 0 unspecified atom stereocenters. The lowest BCUT2D eigenvalue weighted by molar-refractivity contribution is 0.626. The number of rotatable bonds is 3. The Bertz CT molecular complexity index is 529. The van der Waals surface area contributed by atoms with Crippen LogP contribution in [-0.4, -0.2) is 23.1 Å². The van der Waals surface area contributed by atoms with Gasteiger partial charge in [-0.05, 0) is 30.4 Å². The molecule has 1 heterocycles. The maximum absolute atomic E-state index is 13.3. The van der Waals surface area contributed by atoms with E-state index in [1.165, 1.54) is 12.1 Å². The summed E-state index contributed by atoms with van der Waals surface area (Å²) in [5.41, 5.74) is 4.45. The fraction of sp³-hybridized carbons (Fsp3) is 0.231. The monoisotopic (exact) mass is 295 g/mol. The Kier molecular flexibility index (Phi) is 4.93. The van der Waals surface area contributed by atoms with Crippen molar-refractivity contribution in [1.82, 2.24) is 10.7 Å². The minimum absolute atomic E-state index is 0.249. The van der Waals surface area contributed by atoms with Gasteiger partial charge in [0.25, 0.3) is 0 Å². The number of nitrogens with zero attached hydrogens (tertiary/aromatic N) is 1. The highest BCUT2D eigenvalue weighted by Crippen LogP contribution is 2.30. The Hall–Kier alpha value is -1.40. The van der Waals surface area contributed by atoms with E-state index in [1.54, 1.807) is 23.9 Å². The summed E-state index contributed by atoms with van der Waals surface area (Å²) in [6.45, 7) is 4.17. The third-order valence-corrected chi connectivity index (χ3v) is 3.86. The van der Waals surface area contributed by atoms with Crippen molar-refractivity contribution in [3.8, 4) is 0 Å². The Morgan fingerprint density at radius 1 is 1.58 bits per heavy atom. The van der Waals surface area contributed by atoms with Crippen LogP contribution in [0, 0.1) is 5.82 Å². The molecule has 0 spiro atoms. The summed E-state index contributed by atoms with van der Waals surface area (Å²) >= 11 is 6.77. The SMILES string of the molecule is C=CCNC(=S)N/N=C1\CCSc2ccc(F)cc21. The maximum atomic E-state index is 13.3. The molecule has 0 saturated carbocycles. The lowest BCUT2D eigenvalue weighted by Gasteiger charge is -2.17. The average Bonchev–Trinajstić information content (AvgIpc) is 2.42. The van der Waals surface area contributed by atoms with E-state index >= 15 is 0 Å². The van der Waals surface area contributed by atoms with Crippen LogP contribution in [0.5, 0.6) is 0 Å². The molecule has 1 aliphatic heterocycles. The normalized spacial score (nSPS) is 15.7. The first-order valence-corrected chi connectivity index (χ1v) is 7.24. The first-order chi connectivity index (χ1) is 9.20. The largest absolute Gasteiger partial charge is 0.358 e. The molecular weight excluding hydrogens is 281 g/mol. The van der Waals surface area contributed by atoms with Crippen LogP contribution in [0.15, 0.2) is 40.9 Å². The number of thiocarbonyl (C=S) groups is 1. The summed E-state index contributed by atoms with van der Waals surface area (Å²) in [6.07, 6.45) is 2.50.